The normalized spacial score (nSPS) is 21.3. The first-order valence-corrected chi connectivity index (χ1v) is 6.20. The molecule has 1 heterocycles. The second kappa shape index (κ2) is 6.86. The lowest BCUT2D eigenvalue weighted by Crippen LogP contribution is -2.34. The summed E-state index contributed by atoms with van der Waals surface area (Å²) in [6, 6.07) is 0.585. The first-order chi connectivity index (χ1) is 7.65. The molecular formula is C12H24N2O2. The number of amides is 1. The molecule has 1 unspecified atom stereocenters. The van der Waals surface area contributed by atoms with Gasteiger partial charge >= 0.3 is 0 Å². The van der Waals surface area contributed by atoms with Crippen LogP contribution in [0.2, 0.25) is 0 Å². The van der Waals surface area contributed by atoms with E-state index in [2.05, 4.69) is 4.90 Å². The highest BCUT2D eigenvalue weighted by molar-refractivity contribution is 5.75. The lowest BCUT2D eigenvalue weighted by molar-refractivity contribution is -0.129. The van der Waals surface area contributed by atoms with Crippen LogP contribution in [0.4, 0.5) is 0 Å². The van der Waals surface area contributed by atoms with Crippen molar-refractivity contribution in [3.63, 3.8) is 0 Å². The SMILES string of the molecule is CN(C)C(=O)CCN1CCCC1CCCO. The number of carbonyl (C=O) groups excluding carboxylic acids is 1. The van der Waals surface area contributed by atoms with Crippen LogP contribution in [0, 0.1) is 0 Å². The number of carbonyl (C=O) groups is 1. The van der Waals surface area contributed by atoms with E-state index in [9.17, 15) is 4.79 Å². The zero-order valence-corrected chi connectivity index (χ0v) is 10.5. The van der Waals surface area contributed by atoms with Gasteiger partial charge in [-0.2, -0.15) is 0 Å². The van der Waals surface area contributed by atoms with E-state index in [1.807, 2.05) is 0 Å². The van der Waals surface area contributed by atoms with E-state index in [0.29, 0.717) is 12.5 Å². The third-order valence-corrected chi connectivity index (χ3v) is 3.31. The van der Waals surface area contributed by atoms with Gasteiger partial charge in [0.15, 0.2) is 0 Å². The molecular weight excluding hydrogens is 204 g/mol. The predicted molar refractivity (Wildman–Crippen MR) is 64.2 cm³/mol. The topological polar surface area (TPSA) is 43.8 Å². The standard InChI is InChI=1S/C12H24N2O2/c1-13(2)12(16)7-9-14-8-3-5-11(14)6-4-10-15/h11,15H,3-10H2,1-2H3. The highest BCUT2D eigenvalue weighted by Crippen LogP contribution is 2.21. The van der Waals surface area contributed by atoms with E-state index in [1.165, 1.54) is 12.8 Å². The average molecular weight is 228 g/mol. The average Bonchev–Trinajstić information content (AvgIpc) is 2.70. The predicted octanol–water partition coefficient (Wildman–Crippen LogP) is 0.702. The van der Waals surface area contributed by atoms with Gasteiger partial charge in [0.1, 0.15) is 0 Å². The molecule has 0 aromatic rings. The molecule has 1 fully saturated rings. The molecule has 4 nitrogen and oxygen atoms in total. The molecule has 4 heteroatoms. The van der Waals surface area contributed by atoms with Crippen LogP contribution in [0.3, 0.4) is 0 Å². The molecule has 1 atom stereocenters. The van der Waals surface area contributed by atoms with Gasteiger partial charge in [0.25, 0.3) is 0 Å². The van der Waals surface area contributed by atoms with E-state index in [0.717, 1.165) is 25.9 Å². The van der Waals surface area contributed by atoms with Crippen molar-refractivity contribution in [3.05, 3.63) is 0 Å². The van der Waals surface area contributed by atoms with Crippen molar-refractivity contribution in [1.29, 1.82) is 0 Å². The Hall–Kier alpha value is -0.610. The van der Waals surface area contributed by atoms with Gasteiger partial charge in [-0.3, -0.25) is 9.69 Å². The van der Waals surface area contributed by atoms with E-state index >= 15 is 0 Å². The fraction of sp³-hybridized carbons (Fsp3) is 0.917. The number of likely N-dealkylation sites (tertiary alicyclic amines) is 1. The monoisotopic (exact) mass is 228 g/mol. The minimum absolute atomic E-state index is 0.202. The Morgan fingerprint density at radius 3 is 2.88 bits per heavy atom. The zero-order valence-electron chi connectivity index (χ0n) is 10.5. The zero-order chi connectivity index (χ0) is 12.0. The number of rotatable bonds is 6. The molecule has 1 aliphatic rings. The molecule has 0 aliphatic carbocycles. The first-order valence-electron chi connectivity index (χ1n) is 6.20. The van der Waals surface area contributed by atoms with E-state index < -0.39 is 0 Å². The van der Waals surface area contributed by atoms with E-state index in [-0.39, 0.29) is 12.5 Å². The Morgan fingerprint density at radius 2 is 2.25 bits per heavy atom. The molecule has 1 aliphatic heterocycles. The van der Waals surface area contributed by atoms with Crippen LogP contribution in [0.25, 0.3) is 0 Å². The Bertz CT molecular complexity index is 219. The molecule has 94 valence electrons. The molecule has 1 N–H and O–H groups in total. The summed E-state index contributed by atoms with van der Waals surface area (Å²) in [6.45, 7) is 2.25. The van der Waals surface area contributed by atoms with E-state index in [1.54, 1.807) is 19.0 Å². The smallest absolute Gasteiger partial charge is 0.223 e. The summed E-state index contributed by atoms with van der Waals surface area (Å²) in [5.74, 6) is 0.202. The third kappa shape index (κ3) is 4.10. The summed E-state index contributed by atoms with van der Waals surface area (Å²) in [7, 11) is 3.60. The molecule has 0 aromatic carbocycles. The van der Waals surface area contributed by atoms with Gasteiger partial charge < -0.3 is 10.0 Å². The minimum atomic E-state index is 0.202. The van der Waals surface area contributed by atoms with Gasteiger partial charge in [-0.25, -0.2) is 0 Å². The summed E-state index contributed by atoms with van der Waals surface area (Å²) >= 11 is 0. The fourth-order valence-corrected chi connectivity index (χ4v) is 2.31. The molecule has 16 heavy (non-hydrogen) atoms. The number of aliphatic hydroxyl groups is 1. The van der Waals surface area contributed by atoms with Crippen LogP contribution in [-0.2, 0) is 4.79 Å². The second-order valence-corrected chi connectivity index (χ2v) is 4.74. The molecule has 0 spiro atoms. The van der Waals surface area contributed by atoms with Crippen molar-refractivity contribution in [2.24, 2.45) is 0 Å². The number of nitrogens with zero attached hydrogens (tertiary/aromatic N) is 2. The lowest BCUT2D eigenvalue weighted by Gasteiger charge is -2.24. The van der Waals surface area contributed by atoms with Crippen molar-refractivity contribution in [3.8, 4) is 0 Å². The molecule has 0 bridgehead atoms. The largest absolute Gasteiger partial charge is 0.396 e. The maximum Gasteiger partial charge on any atom is 0.223 e. The van der Waals surface area contributed by atoms with E-state index in [4.69, 9.17) is 5.11 Å². The van der Waals surface area contributed by atoms with Gasteiger partial charge in [-0.05, 0) is 32.2 Å². The van der Waals surface area contributed by atoms with Crippen LogP contribution in [0.1, 0.15) is 32.1 Å². The molecule has 0 aromatic heterocycles. The minimum Gasteiger partial charge on any atom is -0.396 e. The highest BCUT2D eigenvalue weighted by Gasteiger charge is 2.24. The summed E-state index contributed by atoms with van der Waals surface area (Å²) in [5.41, 5.74) is 0. The van der Waals surface area contributed by atoms with Gasteiger partial charge in [0.05, 0.1) is 0 Å². The molecule has 1 rings (SSSR count). The lowest BCUT2D eigenvalue weighted by atomic mass is 10.1. The quantitative estimate of drug-likeness (QED) is 0.728. The Balaban J connectivity index is 2.26. The Morgan fingerprint density at radius 1 is 1.50 bits per heavy atom. The van der Waals surface area contributed by atoms with Gasteiger partial charge in [0.2, 0.25) is 5.91 Å². The first kappa shape index (κ1) is 13.5. The number of aliphatic hydroxyl groups excluding tert-OH is 1. The van der Waals surface area contributed by atoms with Crippen LogP contribution < -0.4 is 0 Å². The van der Waals surface area contributed by atoms with Crippen molar-refractivity contribution in [1.82, 2.24) is 9.80 Å². The van der Waals surface area contributed by atoms with Crippen molar-refractivity contribution < 1.29 is 9.90 Å². The fourth-order valence-electron chi connectivity index (χ4n) is 2.31. The summed E-state index contributed by atoms with van der Waals surface area (Å²) in [4.78, 5) is 15.5. The van der Waals surface area contributed by atoms with Gasteiger partial charge in [-0.1, -0.05) is 0 Å². The van der Waals surface area contributed by atoms with Crippen LogP contribution >= 0.6 is 0 Å². The molecule has 1 saturated heterocycles. The highest BCUT2D eigenvalue weighted by atomic mass is 16.2. The molecule has 0 radical (unpaired) electrons. The number of hydrogen-bond donors (Lipinski definition) is 1. The number of hydrogen-bond acceptors (Lipinski definition) is 3. The Labute approximate surface area is 98.2 Å². The third-order valence-electron chi connectivity index (χ3n) is 3.31. The second-order valence-electron chi connectivity index (χ2n) is 4.74. The Kier molecular flexibility index (Phi) is 5.77. The van der Waals surface area contributed by atoms with Crippen molar-refractivity contribution >= 4 is 5.91 Å². The molecule has 0 saturated carbocycles. The van der Waals surface area contributed by atoms with Crippen molar-refractivity contribution in [2.75, 3.05) is 33.8 Å². The van der Waals surface area contributed by atoms with Gasteiger partial charge in [0, 0.05) is 39.7 Å². The van der Waals surface area contributed by atoms with Gasteiger partial charge in [-0.15, -0.1) is 0 Å². The van der Waals surface area contributed by atoms with Crippen LogP contribution in [0.15, 0.2) is 0 Å². The summed E-state index contributed by atoms with van der Waals surface area (Å²) in [5, 5.41) is 8.82. The molecule has 1 amide bonds. The summed E-state index contributed by atoms with van der Waals surface area (Å²) < 4.78 is 0. The summed E-state index contributed by atoms with van der Waals surface area (Å²) in [6.07, 6.45) is 5.00. The maximum absolute atomic E-state index is 11.5. The maximum atomic E-state index is 11.5. The van der Waals surface area contributed by atoms with Crippen LogP contribution in [-0.4, -0.2) is 60.6 Å². The van der Waals surface area contributed by atoms with Crippen LogP contribution in [0.5, 0.6) is 0 Å². The van der Waals surface area contributed by atoms with Crippen molar-refractivity contribution in [2.45, 2.75) is 38.1 Å².